The van der Waals surface area contributed by atoms with Crippen molar-refractivity contribution in [2.45, 2.75) is 83.0 Å². The number of aliphatic carboxylic acids is 2. The van der Waals surface area contributed by atoms with Gasteiger partial charge in [-0.25, -0.2) is 4.79 Å². The van der Waals surface area contributed by atoms with Crippen LogP contribution < -0.4 is 33.2 Å². The van der Waals surface area contributed by atoms with E-state index in [0.29, 0.717) is 25.8 Å². The number of nitrogens with two attached hydrogens (primary N) is 3. The number of carbonyl (C=O) groups excluding carboxylic acids is 4. The van der Waals surface area contributed by atoms with E-state index in [-0.39, 0.29) is 12.3 Å². The standard InChI is InChI=1S/C21H38N6O8/c1-11(2)9-12(23)18(31)25-13(5-3-4-8-22)19(32)27-15(10-16(24)28)20(33)26-14(21(34)35)6-7-17(29)30/h11-15H,3-10,22-23H2,1-2H3,(H2,24,28)(H,25,31)(H,26,33)(H,27,32)(H,29,30)(H,34,35). The van der Waals surface area contributed by atoms with Crippen LogP contribution in [0.5, 0.6) is 0 Å². The molecule has 0 aliphatic heterocycles. The van der Waals surface area contributed by atoms with Gasteiger partial charge in [0.2, 0.25) is 23.6 Å². The Balaban J connectivity index is 5.53. The Morgan fingerprint density at radius 3 is 1.83 bits per heavy atom. The molecule has 4 unspecified atom stereocenters. The molecule has 0 bridgehead atoms. The predicted octanol–water partition coefficient (Wildman–Crippen LogP) is -2.23. The van der Waals surface area contributed by atoms with Gasteiger partial charge < -0.3 is 43.4 Å². The summed E-state index contributed by atoms with van der Waals surface area (Å²) in [5.74, 6) is -5.99. The van der Waals surface area contributed by atoms with Crippen molar-refractivity contribution < 1.29 is 39.0 Å². The van der Waals surface area contributed by atoms with Gasteiger partial charge in [0, 0.05) is 6.42 Å². The highest BCUT2D eigenvalue weighted by Crippen LogP contribution is 2.07. The second-order valence-corrected chi connectivity index (χ2v) is 8.65. The zero-order chi connectivity index (χ0) is 27.1. The molecule has 0 aromatic heterocycles. The highest BCUT2D eigenvalue weighted by molar-refractivity contribution is 5.96. The quantitative estimate of drug-likeness (QED) is 0.0935. The molecule has 35 heavy (non-hydrogen) atoms. The van der Waals surface area contributed by atoms with Crippen LogP contribution in [0.4, 0.5) is 0 Å². The van der Waals surface area contributed by atoms with E-state index in [4.69, 9.17) is 22.3 Å². The lowest BCUT2D eigenvalue weighted by molar-refractivity contribution is -0.143. The Kier molecular flexibility index (Phi) is 14.9. The second kappa shape index (κ2) is 16.4. The molecule has 4 atom stereocenters. The lowest BCUT2D eigenvalue weighted by Gasteiger charge is -2.25. The molecule has 4 amide bonds. The van der Waals surface area contributed by atoms with E-state index in [1.54, 1.807) is 0 Å². The average molecular weight is 503 g/mol. The molecule has 0 spiro atoms. The molecule has 14 heteroatoms. The number of amides is 4. The molecule has 0 fully saturated rings. The van der Waals surface area contributed by atoms with E-state index in [1.807, 2.05) is 13.8 Å². The Labute approximate surface area is 203 Å². The first kappa shape index (κ1) is 31.7. The van der Waals surface area contributed by atoms with Gasteiger partial charge in [0.05, 0.1) is 12.5 Å². The number of carboxylic acids is 2. The second-order valence-electron chi connectivity index (χ2n) is 8.65. The summed E-state index contributed by atoms with van der Waals surface area (Å²) in [5, 5.41) is 25.0. The van der Waals surface area contributed by atoms with Crippen LogP contribution in [0, 0.1) is 5.92 Å². The molecule has 0 heterocycles. The number of hydrogen-bond acceptors (Lipinski definition) is 8. The molecule has 0 aliphatic carbocycles. The maximum absolute atomic E-state index is 12.9. The molecular formula is C21H38N6O8. The third kappa shape index (κ3) is 13.9. The molecule has 0 saturated carbocycles. The van der Waals surface area contributed by atoms with Crippen LogP contribution in [0.1, 0.15) is 58.8 Å². The third-order valence-corrected chi connectivity index (χ3v) is 4.94. The number of carbonyl (C=O) groups is 6. The van der Waals surface area contributed by atoms with E-state index in [1.165, 1.54) is 0 Å². The molecule has 0 saturated heterocycles. The average Bonchev–Trinajstić information content (AvgIpc) is 2.73. The summed E-state index contributed by atoms with van der Waals surface area (Å²) in [4.78, 5) is 71.6. The fourth-order valence-electron chi connectivity index (χ4n) is 3.14. The summed E-state index contributed by atoms with van der Waals surface area (Å²) in [6.07, 6.45) is -0.0225. The monoisotopic (exact) mass is 502 g/mol. The van der Waals surface area contributed by atoms with Crippen molar-refractivity contribution in [2.75, 3.05) is 6.54 Å². The molecular weight excluding hydrogens is 464 g/mol. The minimum absolute atomic E-state index is 0.132. The smallest absolute Gasteiger partial charge is 0.326 e. The number of unbranched alkanes of at least 4 members (excludes halogenated alkanes) is 1. The zero-order valence-corrected chi connectivity index (χ0v) is 20.1. The number of hydrogen-bond donors (Lipinski definition) is 8. The van der Waals surface area contributed by atoms with Gasteiger partial charge >= 0.3 is 11.9 Å². The van der Waals surface area contributed by atoms with Crippen LogP contribution in [-0.2, 0) is 28.8 Å². The van der Waals surface area contributed by atoms with Crippen LogP contribution in [0.15, 0.2) is 0 Å². The van der Waals surface area contributed by atoms with Gasteiger partial charge in [-0.05, 0) is 44.6 Å². The van der Waals surface area contributed by atoms with E-state index < -0.39 is 79.0 Å². The largest absolute Gasteiger partial charge is 0.481 e. The van der Waals surface area contributed by atoms with Crippen LogP contribution in [0.3, 0.4) is 0 Å². The summed E-state index contributed by atoms with van der Waals surface area (Å²) in [6.45, 7) is 4.12. The first-order valence-electron chi connectivity index (χ1n) is 11.4. The molecule has 0 rings (SSSR count). The maximum atomic E-state index is 12.9. The SMILES string of the molecule is CC(C)CC(N)C(=O)NC(CCCCN)C(=O)NC(CC(N)=O)C(=O)NC(CCC(=O)O)C(=O)O. The number of nitrogens with one attached hydrogen (secondary N) is 3. The van der Waals surface area contributed by atoms with Gasteiger partial charge in [-0.1, -0.05) is 13.8 Å². The molecule has 11 N–H and O–H groups in total. The first-order chi connectivity index (χ1) is 16.3. The van der Waals surface area contributed by atoms with Gasteiger partial charge in [-0.3, -0.25) is 24.0 Å². The van der Waals surface area contributed by atoms with Crippen molar-refractivity contribution in [1.82, 2.24) is 16.0 Å². The van der Waals surface area contributed by atoms with Crippen molar-refractivity contribution >= 4 is 35.6 Å². The molecule has 200 valence electrons. The van der Waals surface area contributed by atoms with Gasteiger partial charge in [-0.15, -0.1) is 0 Å². The lowest BCUT2D eigenvalue weighted by atomic mass is 10.0. The first-order valence-corrected chi connectivity index (χ1v) is 11.4. The molecule has 0 aromatic carbocycles. The number of primary amides is 1. The van der Waals surface area contributed by atoms with E-state index >= 15 is 0 Å². The topological polar surface area (TPSA) is 257 Å². The predicted molar refractivity (Wildman–Crippen MR) is 124 cm³/mol. The van der Waals surface area contributed by atoms with Gasteiger partial charge in [0.15, 0.2) is 0 Å². The minimum Gasteiger partial charge on any atom is -0.481 e. The fraction of sp³-hybridized carbons (Fsp3) is 0.714. The molecule has 0 aliphatic rings. The van der Waals surface area contributed by atoms with Crippen molar-refractivity contribution in [3.63, 3.8) is 0 Å². The summed E-state index contributed by atoms with van der Waals surface area (Å²) >= 11 is 0. The lowest BCUT2D eigenvalue weighted by Crippen LogP contribution is -2.57. The molecule has 0 radical (unpaired) electrons. The van der Waals surface area contributed by atoms with Gasteiger partial charge in [0.25, 0.3) is 0 Å². The van der Waals surface area contributed by atoms with Crippen LogP contribution in [-0.4, -0.2) is 76.5 Å². The minimum atomic E-state index is -1.57. The Morgan fingerprint density at radius 1 is 0.800 bits per heavy atom. The number of carboxylic acid groups (broad SMARTS) is 2. The summed E-state index contributed by atoms with van der Waals surface area (Å²) in [6, 6.07) is -5.09. The Morgan fingerprint density at radius 2 is 1.34 bits per heavy atom. The highest BCUT2D eigenvalue weighted by atomic mass is 16.4. The molecule has 0 aromatic rings. The van der Waals surface area contributed by atoms with Crippen molar-refractivity contribution in [3.8, 4) is 0 Å². The van der Waals surface area contributed by atoms with Gasteiger partial charge in [-0.2, -0.15) is 0 Å². The van der Waals surface area contributed by atoms with Crippen molar-refractivity contribution in [1.29, 1.82) is 0 Å². The Hall–Kier alpha value is -3.26. The zero-order valence-electron chi connectivity index (χ0n) is 20.1. The Bertz CT molecular complexity index is 760. The van der Waals surface area contributed by atoms with Crippen molar-refractivity contribution in [2.24, 2.45) is 23.1 Å². The summed E-state index contributed by atoms with van der Waals surface area (Å²) < 4.78 is 0. The van der Waals surface area contributed by atoms with E-state index in [0.717, 1.165) is 0 Å². The van der Waals surface area contributed by atoms with Crippen LogP contribution in [0.2, 0.25) is 0 Å². The van der Waals surface area contributed by atoms with Crippen LogP contribution in [0.25, 0.3) is 0 Å². The highest BCUT2D eigenvalue weighted by Gasteiger charge is 2.31. The van der Waals surface area contributed by atoms with Crippen molar-refractivity contribution in [3.05, 3.63) is 0 Å². The summed E-state index contributed by atoms with van der Waals surface area (Å²) in [7, 11) is 0. The third-order valence-electron chi connectivity index (χ3n) is 4.94. The van der Waals surface area contributed by atoms with E-state index in [2.05, 4.69) is 16.0 Å². The number of rotatable bonds is 18. The molecule has 14 nitrogen and oxygen atoms in total. The maximum Gasteiger partial charge on any atom is 0.326 e. The summed E-state index contributed by atoms with van der Waals surface area (Å²) in [5.41, 5.74) is 16.5. The normalized spacial score (nSPS) is 14.3. The van der Waals surface area contributed by atoms with Crippen LogP contribution >= 0.6 is 0 Å². The van der Waals surface area contributed by atoms with Gasteiger partial charge in [0.1, 0.15) is 18.1 Å². The fourth-order valence-corrected chi connectivity index (χ4v) is 3.14. The van der Waals surface area contributed by atoms with E-state index in [9.17, 15) is 33.9 Å².